The lowest BCUT2D eigenvalue weighted by Crippen LogP contribution is -2.47. The van der Waals surface area contributed by atoms with Crippen LogP contribution < -0.4 is 5.32 Å². The van der Waals surface area contributed by atoms with E-state index in [1.54, 1.807) is 18.9 Å². The Labute approximate surface area is 121 Å². The fourth-order valence-corrected chi connectivity index (χ4v) is 1.99. The number of carboxylic acid groups (broad SMARTS) is 1. The molecule has 0 saturated heterocycles. The molecular weight excluding hydrogens is 260 g/mol. The number of aliphatic carboxylic acids is 1. The Kier molecular flexibility index (Phi) is 9.80. The zero-order valence-electron chi connectivity index (χ0n) is 13.0. The van der Waals surface area contributed by atoms with Gasteiger partial charge in [-0.2, -0.15) is 0 Å². The van der Waals surface area contributed by atoms with E-state index in [0.29, 0.717) is 26.1 Å². The van der Waals surface area contributed by atoms with Crippen molar-refractivity contribution in [2.45, 2.75) is 46.1 Å². The molecule has 1 atom stereocenters. The first kappa shape index (κ1) is 18.7. The SMILES string of the molecule is CCC(CC)N(CCOC)C(=O)NCCC(C)C(=O)O. The summed E-state index contributed by atoms with van der Waals surface area (Å²) < 4.78 is 5.04. The van der Waals surface area contributed by atoms with Gasteiger partial charge in [0.25, 0.3) is 0 Å². The van der Waals surface area contributed by atoms with Crippen molar-refractivity contribution >= 4 is 12.0 Å². The van der Waals surface area contributed by atoms with Crippen LogP contribution in [-0.4, -0.2) is 54.9 Å². The maximum atomic E-state index is 12.2. The van der Waals surface area contributed by atoms with E-state index in [-0.39, 0.29) is 12.1 Å². The Hall–Kier alpha value is -1.30. The third-order valence-electron chi connectivity index (χ3n) is 3.46. The van der Waals surface area contributed by atoms with E-state index < -0.39 is 11.9 Å². The molecule has 0 radical (unpaired) electrons. The van der Waals surface area contributed by atoms with Crippen molar-refractivity contribution in [2.24, 2.45) is 5.92 Å². The largest absolute Gasteiger partial charge is 0.481 e. The number of carbonyl (C=O) groups is 2. The summed E-state index contributed by atoms with van der Waals surface area (Å²) in [7, 11) is 1.61. The minimum Gasteiger partial charge on any atom is -0.481 e. The maximum absolute atomic E-state index is 12.2. The van der Waals surface area contributed by atoms with Crippen molar-refractivity contribution in [3.8, 4) is 0 Å². The Balaban J connectivity index is 4.36. The molecule has 6 nitrogen and oxygen atoms in total. The van der Waals surface area contributed by atoms with Gasteiger partial charge < -0.3 is 20.1 Å². The number of hydrogen-bond donors (Lipinski definition) is 2. The van der Waals surface area contributed by atoms with Crippen LogP contribution in [0.2, 0.25) is 0 Å². The molecular formula is C14H28N2O4. The second kappa shape index (κ2) is 10.5. The Morgan fingerprint density at radius 1 is 1.30 bits per heavy atom. The van der Waals surface area contributed by atoms with Gasteiger partial charge in [0.1, 0.15) is 0 Å². The minimum absolute atomic E-state index is 0.145. The summed E-state index contributed by atoms with van der Waals surface area (Å²) in [4.78, 5) is 24.7. The number of nitrogens with one attached hydrogen (secondary N) is 1. The number of amides is 2. The van der Waals surface area contributed by atoms with Crippen molar-refractivity contribution in [1.29, 1.82) is 0 Å². The summed E-state index contributed by atoms with van der Waals surface area (Å²) >= 11 is 0. The van der Waals surface area contributed by atoms with Crippen LogP contribution in [0.15, 0.2) is 0 Å². The molecule has 0 aliphatic heterocycles. The molecule has 6 heteroatoms. The second-order valence-electron chi connectivity index (χ2n) is 4.92. The number of rotatable bonds is 10. The van der Waals surface area contributed by atoms with Crippen LogP contribution in [0.5, 0.6) is 0 Å². The van der Waals surface area contributed by atoms with E-state index >= 15 is 0 Å². The number of ether oxygens (including phenoxy) is 1. The molecule has 2 N–H and O–H groups in total. The number of carbonyl (C=O) groups excluding carboxylic acids is 1. The van der Waals surface area contributed by atoms with Crippen LogP contribution in [0.25, 0.3) is 0 Å². The fourth-order valence-electron chi connectivity index (χ4n) is 1.99. The molecule has 0 heterocycles. The number of urea groups is 1. The van der Waals surface area contributed by atoms with Crippen LogP contribution in [0, 0.1) is 5.92 Å². The van der Waals surface area contributed by atoms with E-state index in [2.05, 4.69) is 5.32 Å². The molecule has 118 valence electrons. The van der Waals surface area contributed by atoms with Gasteiger partial charge in [0, 0.05) is 26.2 Å². The van der Waals surface area contributed by atoms with Crippen LogP contribution in [0.1, 0.15) is 40.0 Å². The molecule has 0 aromatic rings. The van der Waals surface area contributed by atoms with Gasteiger partial charge >= 0.3 is 12.0 Å². The molecule has 0 aromatic carbocycles. The van der Waals surface area contributed by atoms with E-state index in [1.807, 2.05) is 13.8 Å². The third kappa shape index (κ3) is 6.75. The Morgan fingerprint density at radius 3 is 2.35 bits per heavy atom. The van der Waals surface area contributed by atoms with Gasteiger partial charge in [0.05, 0.1) is 12.5 Å². The molecule has 1 unspecified atom stereocenters. The molecule has 0 spiro atoms. The van der Waals surface area contributed by atoms with Crippen LogP contribution >= 0.6 is 0 Å². The third-order valence-corrected chi connectivity index (χ3v) is 3.46. The van der Waals surface area contributed by atoms with Crippen LogP contribution in [0.3, 0.4) is 0 Å². The van der Waals surface area contributed by atoms with Crippen molar-refractivity contribution < 1.29 is 19.4 Å². The normalized spacial score (nSPS) is 12.2. The lowest BCUT2D eigenvalue weighted by Gasteiger charge is -2.30. The number of methoxy groups -OCH3 is 1. The first-order valence-corrected chi connectivity index (χ1v) is 7.24. The second-order valence-corrected chi connectivity index (χ2v) is 4.92. The lowest BCUT2D eigenvalue weighted by atomic mass is 10.1. The van der Waals surface area contributed by atoms with Gasteiger partial charge in [-0.25, -0.2) is 4.79 Å². The predicted octanol–water partition coefficient (Wildman–Crippen LogP) is 1.94. The molecule has 0 fully saturated rings. The number of nitrogens with zero attached hydrogens (tertiary/aromatic N) is 1. The minimum atomic E-state index is -0.838. The molecule has 0 saturated carbocycles. The molecule has 0 aliphatic carbocycles. The lowest BCUT2D eigenvalue weighted by molar-refractivity contribution is -0.141. The quantitative estimate of drug-likeness (QED) is 0.644. The Bertz CT molecular complexity index is 293. The van der Waals surface area contributed by atoms with E-state index in [0.717, 1.165) is 12.8 Å². The number of carboxylic acids is 1. The highest BCUT2D eigenvalue weighted by Gasteiger charge is 2.20. The van der Waals surface area contributed by atoms with Crippen LogP contribution in [0.4, 0.5) is 4.79 Å². The van der Waals surface area contributed by atoms with Crippen molar-refractivity contribution in [1.82, 2.24) is 10.2 Å². The summed E-state index contributed by atoms with van der Waals surface area (Å²) in [6, 6.07) is 0.0374. The predicted molar refractivity (Wildman–Crippen MR) is 77.8 cm³/mol. The standard InChI is InChI=1S/C14H28N2O4/c1-5-12(6-2)16(9-10-20-4)14(19)15-8-7-11(3)13(17)18/h11-12H,5-10H2,1-4H3,(H,15,19)(H,17,18). The smallest absolute Gasteiger partial charge is 0.317 e. The molecule has 0 aromatic heterocycles. The highest BCUT2D eigenvalue weighted by molar-refractivity contribution is 5.74. The summed E-state index contributed by atoms with van der Waals surface area (Å²) in [6.45, 7) is 7.15. The summed E-state index contributed by atoms with van der Waals surface area (Å²) in [5.41, 5.74) is 0. The Morgan fingerprint density at radius 2 is 1.90 bits per heavy atom. The average Bonchev–Trinajstić information content (AvgIpc) is 2.42. The van der Waals surface area contributed by atoms with Crippen LogP contribution in [-0.2, 0) is 9.53 Å². The van der Waals surface area contributed by atoms with Gasteiger partial charge in [0.2, 0.25) is 0 Å². The molecule has 2 amide bonds. The van der Waals surface area contributed by atoms with E-state index in [9.17, 15) is 9.59 Å². The fraction of sp³-hybridized carbons (Fsp3) is 0.857. The summed E-state index contributed by atoms with van der Waals surface area (Å²) in [5, 5.41) is 11.6. The van der Waals surface area contributed by atoms with Gasteiger partial charge in [-0.15, -0.1) is 0 Å². The highest BCUT2D eigenvalue weighted by atomic mass is 16.5. The molecule has 0 bridgehead atoms. The van der Waals surface area contributed by atoms with Gasteiger partial charge in [-0.1, -0.05) is 20.8 Å². The van der Waals surface area contributed by atoms with Crippen molar-refractivity contribution in [3.05, 3.63) is 0 Å². The number of hydrogen-bond acceptors (Lipinski definition) is 3. The average molecular weight is 288 g/mol. The molecule has 0 aliphatic rings. The molecule has 20 heavy (non-hydrogen) atoms. The first-order valence-electron chi connectivity index (χ1n) is 7.24. The van der Waals surface area contributed by atoms with Gasteiger partial charge in [-0.05, 0) is 19.3 Å². The topological polar surface area (TPSA) is 78.9 Å². The van der Waals surface area contributed by atoms with Gasteiger partial charge in [-0.3, -0.25) is 4.79 Å². The van der Waals surface area contributed by atoms with Gasteiger partial charge in [0.15, 0.2) is 0 Å². The van der Waals surface area contributed by atoms with Crippen molar-refractivity contribution in [2.75, 3.05) is 26.8 Å². The molecule has 0 rings (SSSR count). The zero-order valence-corrected chi connectivity index (χ0v) is 13.0. The highest BCUT2D eigenvalue weighted by Crippen LogP contribution is 2.09. The first-order chi connectivity index (χ1) is 9.47. The van der Waals surface area contributed by atoms with E-state index in [1.165, 1.54) is 0 Å². The summed E-state index contributed by atoms with van der Waals surface area (Å²) in [5.74, 6) is -1.29. The summed E-state index contributed by atoms with van der Waals surface area (Å²) in [6.07, 6.45) is 2.21. The zero-order chi connectivity index (χ0) is 15.5. The van der Waals surface area contributed by atoms with Crippen molar-refractivity contribution in [3.63, 3.8) is 0 Å². The monoisotopic (exact) mass is 288 g/mol. The maximum Gasteiger partial charge on any atom is 0.317 e. The van der Waals surface area contributed by atoms with E-state index in [4.69, 9.17) is 9.84 Å².